The molecule has 2 heterocycles. The van der Waals surface area contributed by atoms with Crippen molar-refractivity contribution < 1.29 is 9.84 Å². The second kappa shape index (κ2) is 6.03. The summed E-state index contributed by atoms with van der Waals surface area (Å²) < 4.78 is 10.6. The lowest BCUT2D eigenvalue weighted by Crippen LogP contribution is -2.53. The highest BCUT2D eigenvalue weighted by atomic mass is 32.1. The third kappa shape index (κ3) is 2.64. The highest BCUT2D eigenvalue weighted by molar-refractivity contribution is 7.71. The summed E-state index contributed by atoms with van der Waals surface area (Å²) >= 11 is 5.60. The van der Waals surface area contributed by atoms with E-state index < -0.39 is 0 Å². The molecule has 0 amide bonds. The number of morpholine rings is 1. The Balaban J connectivity index is 1.56. The zero-order chi connectivity index (χ0) is 15.1. The van der Waals surface area contributed by atoms with Crippen LogP contribution in [0.4, 0.5) is 0 Å². The highest BCUT2D eigenvalue weighted by Crippen LogP contribution is 2.36. The van der Waals surface area contributed by atoms with Crippen LogP contribution < -0.4 is 0 Å². The maximum atomic E-state index is 9.55. The second-order valence-electron chi connectivity index (χ2n) is 6.67. The van der Waals surface area contributed by atoms with E-state index in [4.69, 9.17) is 17.0 Å². The first-order chi connectivity index (χ1) is 10.8. The van der Waals surface area contributed by atoms with Crippen LogP contribution in [-0.4, -0.2) is 49.7 Å². The summed E-state index contributed by atoms with van der Waals surface area (Å²) in [5.41, 5.74) is 0. The van der Waals surface area contributed by atoms with Gasteiger partial charge in [-0.1, -0.05) is 12.8 Å². The molecule has 0 radical (unpaired) electrons. The molecular formula is C15H24N4O2S. The fourth-order valence-electron chi connectivity index (χ4n) is 3.89. The summed E-state index contributed by atoms with van der Waals surface area (Å²) in [6, 6.07) is 0.948. The zero-order valence-corrected chi connectivity index (χ0v) is 13.7. The molecule has 6 nitrogen and oxygen atoms in total. The van der Waals surface area contributed by atoms with Gasteiger partial charge in [0.2, 0.25) is 0 Å². The molecule has 0 bridgehead atoms. The van der Waals surface area contributed by atoms with E-state index in [1.807, 2.05) is 9.25 Å². The van der Waals surface area contributed by atoms with Crippen LogP contribution in [0.25, 0.3) is 0 Å². The standard InChI is InChI=1S/C15H24N4O2S/c20-9-14-16-18(15(22)19(14)11-5-6-11)10-17-7-8-21-13-4-2-1-3-12(13)17/h11-13,20H,1-10H2. The highest BCUT2D eigenvalue weighted by Gasteiger charge is 2.35. The molecule has 4 rings (SSSR count). The second-order valence-corrected chi connectivity index (χ2v) is 7.04. The molecule has 2 unspecified atom stereocenters. The molecule has 1 N–H and O–H groups in total. The zero-order valence-electron chi connectivity index (χ0n) is 12.9. The maximum absolute atomic E-state index is 9.55. The average molecular weight is 324 g/mol. The van der Waals surface area contributed by atoms with Crippen LogP contribution in [0.3, 0.4) is 0 Å². The van der Waals surface area contributed by atoms with Crippen molar-refractivity contribution in [2.24, 2.45) is 0 Å². The molecule has 0 aromatic carbocycles. The number of aliphatic hydroxyl groups is 1. The van der Waals surface area contributed by atoms with Crippen LogP contribution in [0, 0.1) is 4.77 Å². The van der Waals surface area contributed by atoms with Crippen molar-refractivity contribution in [1.82, 2.24) is 19.2 Å². The van der Waals surface area contributed by atoms with Gasteiger partial charge in [-0.3, -0.25) is 9.47 Å². The molecule has 2 saturated carbocycles. The van der Waals surface area contributed by atoms with Crippen molar-refractivity contribution in [1.29, 1.82) is 0 Å². The molecule has 1 aliphatic heterocycles. The minimum atomic E-state index is -0.0394. The number of rotatable bonds is 4. The van der Waals surface area contributed by atoms with E-state index in [9.17, 15) is 5.11 Å². The van der Waals surface area contributed by atoms with Gasteiger partial charge in [0.05, 0.1) is 19.4 Å². The fourth-order valence-corrected chi connectivity index (χ4v) is 4.24. The summed E-state index contributed by atoms with van der Waals surface area (Å²) in [6.07, 6.45) is 7.60. The molecule has 1 aromatic heterocycles. The molecule has 1 aromatic rings. The van der Waals surface area contributed by atoms with E-state index in [1.54, 1.807) is 0 Å². The van der Waals surface area contributed by atoms with Crippen molar-refractivity contribution in [3.05, 3.63) is 10.6 Å². The van der Waals surface area contributed by atoms with E-state index in [1.165, 1.54) is 25.7 Å². The number of aromatic nitrogens is 3. The number of nitrogens with zero attached hydrogens (tertiary/aromatic N) is 4. The molecule has 3 fully saturated rings. The van der Waals surface area contributed by atoms with Crippen molar-refractivity contribution in [3.63, 3.8) is 0 Å². The molecular weight excluding hydrogens is 300 g/mol. The topological polar surface area (TPSA) is 55.5 Å². The molecule has 22 heavy (non-hydrogen) atoms. The minimum absolute atomic E-state index is 0.0394. The molecule has 3 aliphatic rings. The Morgan fingerprint density at radius 2 is 2.05 bits per heavy atom. The van der Waals surface area contributed by atoms with Gasteiger partial charge in [0.25, 0.3) is 0 Å². The normalized spacial score (nSPS) is 29.5. The van der Waals surface area contributed by atoms with E-state index in [0.29, 0.717) is 24.0 Å². The van der Waals surface area contributed by atoms with Crippen molar-refractivity contribution in [2.75, 3.05) is 13.2 Å². The molecule has 2 atom stereocenters. The fraction of sp³-hybridized carbons (Fsp3) is 0.867. The molecule has 2 aliphatic carbocycles. The lowest BCUT2D eigenvalue weighted by molar-refractivity contribution is -0.0994. The Morgan fingerprint density at radius 1 is 1.23 bits per heavy atom. The predicted molar refractivity (Wildman–Crippen MR) is 83.9 cm³/mol. The van der Waals surface area contributed by atoms with Gasteiger partial charge in [-0.25, -0.2) is 4.68 Å². The van der Waals surface area contributed by atoms with E-state index in [0.717, 1.165) is 37.4 Å². The molecule has 122 valence electrons. The Bertz CT molecular complexity index is 593. The lowest BCUT2D eigenvalue weighted by atomic mass is 9.90. The van der Waals surface area contributed by atoms with Crippen LogP contribution >= 0.6 is 12.2 Å². The van der Waals surface area contributed by atoms with Crippen molar-refractivity contribution in [2.45, 2.75) is 70.0 Å². The van der Waals surface area contributed by atoms with Gasteiger partial charge in [0.15, 0.2) is 10.6 Å². The SMILES string of the molecule is OCc1nn(CN2CCOC3CCCCC32)c(=S)n1C1CC1. The third-order valence-corrected chi connectivity index (χ3v) is 5.56. The van der Waals surface area contributed by atoms with Gasteiger partial charge >= 0.3 is 0 Å². The van der Waals surface area contributed by atoms with Crippen LogP contribution in [0.2, 0.25) is 0 Å². The van der Waals surface area contributed by atoms with E-state index in [-0.39, 0.29) is 6.61 Å². The predicted octanol–water partition coefficient (Wildman–Crippen LogP) is 1.84. The monoisotopic (exact) mass is 324 g/mol. The number of hydrogen-bond donors (Lipinski definition) is 1. The first-order valence-electron chi connectivity index (χ1n) is 8.42. The number of fused-ring (bicyclic) bond motifs is 1. The maximum Gasteiger partial charge on any atom is 0.199 e. The van der Waals surface area contributed by atoms with E-state index >= 15 is 0 Å². The smallest absolute Gasteiger partial charge is 0.199 e. The lowest BCUT2D eigenvalue weighted by Gasteiger charge is -2.43. The summed E-state index contributed by atoms with van der Waals surface area (Å²) in [6.45, 7) is 2.41. The first-order valence-corrected chi connectivity index (χ1v) is 8.83. The molecule has 1 saturated heterocycles. The Morgan fingerprint density at radius 3 is 2.82 bits per heavy atom. The quantitative estimate of drug-likeness (QED) is 0.857. The Hall–Kier alpha value is -0.760. The van der Waals surface area contributed by atoms with Gasteiger partial charge in [-0.15, -0.1) is 0 Å². The van der Waals surface area contributed by atoms with Crippen molar-refractivity contribution in [3.8, 4) is 0 Å². The summed E-state index contributed by atoms with van der Waals surface area (Å²) in [5, 5.41) is 14.1. The molecule has 7 heteroatoms. The van der Waals surface area contributed by atoms with Gasteiger partial charge in [-0.05, 0) is 37.9 Å². The number of aliphatic hydroxyl groups excluding tert-OH is 1. The number of ether oxygens (including phenoxy) is 1. The summed E-state index contributed by atoms with van der Waals surface area (Å²) in [4.78, 5) is 2.47. The third-order valence-electron chi connectivity index (χ3n) is 5.16. The summed E-state index contributed by atoms with van der Waals surface area (Å²) in [7, 11) is 0. The minimum Gasteiger partial charge on any atom is -0.388 e. The average Bonchev–Trinajstić information content (AvgIpc) is 3.33. The van der Waals surface area contributed by atoms with Crippen LogP contribution in [0.5, 0.6) is 0 Å². The van der Waals surface area contributed by atoms with E-state index in [2.05, 4.69) is 10.00 Å². The molecule has 0 spiro atoms. The first kappa shape index (κ1) is 14.8. The van der Waals surface area contributed by atoms with Crippen molar-refractivity contribution >= 4 is 12.2 Å². The van der Waals surface area contributed by atoms with Crippen LogP contribution in [0.1, 0.15) is 50.4 Å². The van der Waals surface area contributed by atoms with Gasteiger partial charge in [0, 0.05) is 18.6 Å². The van der Waals surface area contributed by atoms with Gasteiger partial charge < -0.3 is 9.84 Å². The summed E-state index contributed by atoms with van der Waals surface area (Å²) in [5.74, 6) is 0.709. The Labute approximate surface area is 135 Å². The number of hydrogen-bond acceptors (Lipinski definition) is 5. The van der Waals surface area contributed by atoms with Gasteiger partial charge in [0.1, 0.15) is 6.61 Å². The largest absolute Gasteiger partial charge is 0.388 e. The Kier molecular flexibility index (Phi) is 4.06. The van der Waals surface area contributed by atoms with Crippen LogP contribution in [0.15, 0.2) is 0 Å². The van der Waals surface area contributed by atoms with Gasteiger partial charge in [-0.2, -0.15) is 5.10 Å². The van der Waals surface area contributed by atoms with Crippen LogP contribution in [-0.2, 0) is 18.0 Å².